The van der Waals surface area contributed by atoms with Crippen LogP contribution in [0.5, 0.6) is 5.75 Å². The summed E-state index contributed by atoms with van der Waals surface area (Å²) in [4.78, 5) is 13.8. The molecule has 0 spiro atoms. The first kappa shape index (κ1) is 20.9. The van der Waals surface area contributed by atoms with Crippen LogP contribution in [0.25, 0.3) is 21.3 Å². The number of hydrogen-bond donors (Lipinski definition) is 0. The van der Waals surface area contributed by atoms with Crippen molar-refractivity contribution in [2.45, 2.75) is 34.6 Å². The summed E-state index contributed by atoms with van der Waals surface area (Å²) < 4.78 is 5.32. The Morgan fingerprint density at radius 1 is 1.04 bits per heavy atom. The van der Waals surface area contributed by atoms with Crippen LogP contribution in [-0.2, 0) is 0 Å². The molecular weight excluding hydrogens is 390 g/mol. The second kappa shape index (κ2) is 8.66. The minimum absolute atomic E-state index is 0.308. The van der Waals surface area contributed by atoms with Gasteiger partial charge in [0.05, 0.1) is 12.5 Å². The first-order chi connectivity index (χ1) is 13.3. The van der Waals surface area contributed by atoms with Gasteiger partial charge in [-0.25, -0.2) is 4.98 Å². The fourth-order valence-corrected chi connectivity index (χ4v) is 4.79. The lowest BCUT2D eigenvalue weighted by Gasteiger charge is -2.28. The Hall–Kier alpha value is -1.85. The van der Waals surface area contributed by atoms with Crippen LogP contribution >= 0.6 is 22.9 Å². The monoisotopic (exact) mass is 417 g/mol. The number of ether oxygens (including phenoxy) is 1. The lowest BCUT2D eigenvalue weighted by Crippen LogP contribution is -2.32. The number of anilines is 1. The summed E-state index contributed by atoms with van der Waals surface area (Å²) in [5, 5.41) is 1.40. The minimum Gasteiger partial charge on any atom is -0.497 e. The maximum atomic E-state index is 6.33. The van der Waals surface area contributed by atoms with E-state index in [1.165, 1.54) is 10.4 Å². The van der Waals surface area contributed by atoms with Crippen LogP contribution in [0.3, 0.4) is 0 Å². The Morgan fingerprint density at radius 3 is 2.18 bits per heavy atom. The zero-order chi connectivity index (χ0) is 20.4. The molecule has 0 N–H and O–H groups in total. The SMILES string of the molecule is COc1ccc(-c2c(C)sc3nc(Cl)nc(N(CC(C)C)CC(C)C)c23)cc1. The molecule has 0 aliphatic carbocycles. The van der Waals surface area contributed by atoms with Gasteiger partial charge in [0.25, 0.3) is 0 Å². The van der Waals surface area contributed by atoms with Gasteiger partial charge in [-0.15, -0.1) is 11.3 Å². The predicted octanol–water partition coefficient (Wildman–Crippen LogP) is 6.45. The number of nitrogens with zero attached hydrogens (tertiary/aromatic N) is 3. The smallest absolute Gasteiger partial charge is 0.225 e. The van der Waals surface area contributed by atoms with Crippen molar-refractivity contribution < 1.29 is 4.74 Å². The maximum Gasteiger partial charge on any atom is 0.225 e. The number of fused-ring (bicyclic) bond motifs is 1. The molecular formula is C22H28ClN3OS. The van der Waals surface area contributed by atoms with Crippen molar-refractivity contribution >= 4 is 39.0 Å². The molecule has 0 fully saturated rings. The molecule has 0 unspecified atom stereocenters. The van der Waals surface area contributed by atoms with E-state index < -0.39 is 0 Å². The van der Waals surface area contributed by atoms with E-state index in [0.717, 1.165) is 40.4 Å². The third-order valence-corrected chi connectivity index (χ3v) is 5.70. The highest BCUT2D eigenvalue weighted by Gasteiger charge is 2.23. The van der Waals surface area contributed by atoms with E-state index in [2.05, 4.69) is 56.6 Å². The van der Waals surface area contributed by atoms with Crippen molar-refractivity contribution in [1.82, 2.24) is 9.97 Å². The van der Waals surface area contributed by atoms with E-state index in [9.17, 15) is 0 Å². The Labute approximate surface area is 176 Å². The molecule has 3 rings (SSSR count). The van der Waals surface area contributed by atoms with Crippen LogP contribution in [0.2, 0.25) is 5.28 Å². The van der Waals surface area contributed by atoms with Crippen LogP contribution < -0.4 is 9.64 Å². The fraction of sp³-hybridized carbons (Fsp3) is 0.455. The summed E-state index contributed by atoms with van der Waals surface area (Å²) >= 11 is 8.00. The zero-order valence-electron chi connectivity index (χ0n) is 17.4. The largest absolute Gasteiger partial charge is 0.497 e. The number of thiophene rings is 1. The van der Waals surface area contributed by atoms with Crippen molar-refractivity contribution in [1.29, 1.82) is 0 Å². The van der Waals surface area contributed by atoms with E-state index in [1.807, 2.05) is 12.1 Å². The molecule has 6 heteroatoms. The summed E-state index contributed by atoms with van der Waals surface area (Å²) in [5.41, 5.74) is 2.33. The summed E-state index contributed by atoms with van der Waals surface area (Å²) in [7, 11) is 1.68. The number of methoxy groups -OCH3 is 1. The van der Waals surface area contributed by atoms with Crippen LogP contribution in [0.4, 0.5) is 5.82 Å². The van der Waals surface area contributed by atoms with Gasteiger partial charge in [0.1, 0.15) is 16.4 Å². The molecule has 0 atom stereocenters. The standard InChI is InChI=1S/C22H28ClN3OS/c1-13(2)11-26(12-14(3)4)20-19-18(16-7-9-17(27-6)10-8-16)15(5)28-21(19)25-22(23)24-20/h7-10,13-14H,11-12H2,1-6H3. The molecule has 0 amide bonds. The zero-order valence-corrected chi connectivity index (χ0v) is 19.0. The van der Waals surface area contributed by atoms with Crippen molar-refractivity contribution in [2.24, 2.45) is 11.8 Å². The molecule has 28 heavy (non-hydrogen) atoms. The van der Waals surface area contributed by atoms with E-state index in [0.29, 0.717) is 17.1 Å². The first-order valence-electron chi connectivity index (χ1n) is 9.66. The third kappa shape index (κ3) is 4.41. The molecule has 0 aliphatic heterocycles. The lowest BCUT2D eigenvalue weighted by molar-refractivity contribution is 0.415. The van der Waals surface area contributed by atoms with Gasteiger partial charge in [0, 0.05) is 23.5 Å². The van der Waals surface area contributed by atoms with Crippen LogP contribution in [0.15, 0.2) is 24.3 Å². The quantitative estimate of drug-likeness (QED) is 0.414. The maximum absolute atomic E-state index is 6.33. The predicted molar refractivity (Wildman–Crippen MR) is 121 cm³/mol. The number of halogens is 1. The topological polar surface area (TPSA) is 38.3 Å². The molecule has 0 radical (unpaired) electrons. The molecule has 0 bridgehead atoms. The van der Waals surface area contributed by atoms with Gasteiger partial charge in [0.15, 0.2) is 0 Å². The van der Waals surface area contributed by atoms with Crippen molar-refractivity contribution in [2.75, 3.05) is 25.1 Å². The van der Waals surface area contributed by atoms with E-state index >= 15 is 0 Å². The summed E-state index contributed by atoms with van der Waals surface area (Å²) in [5.74, 6) is 2.83. The molecule has 0 saturated heterocycles. The minimum atomic E-state index is 0.308. The number of benzene rings is 1. The summed E-state index contributed by atoms with van der Waals surface area (Å²) in [6.07, 6.45) is 0. The molecule has 0 aliphatic rings. The normalized spacial score (nSPS) is 11.6. The molecule has 0 saturated carbocycles. The molecule has 2 heterocycles. The molecule has 2 aromatic heterocycles. The van der Waals surface area contributed by atoms with Gasteiger partial charge in [-0.3, -0.25) is 0 Å². The van der Waals surface area contributed by atoms with Crippen LogP contribution in [0.1, 0.15) is 32.6 Å². The first-order valence-corrected chi connectivity index (χ1v) is 10.9. The highest BCUT2D eigenvalue weighted by atomic mass is 35.5. The Balaban J connectivity index is 2.23. The Morgan fingerprint density at radius 2 is 1.64 bits per heavy atom. The summed E-state index contributed by atoms with van der Waals surface area (Å²) in [6.45, 7) is 12.9. The Bertz CT molecular complexity index is 941. The van der Waals surface area contributed by atoms with Crippen LogP contribution in [0, 0.1) is 18.8 Å². The second-order valence-corrected chi connectivity index (χ2v) is 9.49. The van der Waals surface area contributed by atoms with Crippen molar-refractivity contribution in [3.63, 3.8) is 0 Å². The van der Waals surface area contributed by atoms with Gasteiger partial charge < -0.3 is 9.64 Å². The summed E-state index contributed by atoms with van der Waals surface area (Å²) in [6, 6.07) is 8.19. The van der Waals surface area contributed by atoms with Gasteiger partial charge in [-0.1, -0.05) is 39.8 Å². The Kier molecular flexibility index (Phi) is 6.46. The molecule has 3 aromatic rings. The van der Waals surface area contributed by atoms with E-state index in [4.69, 9.17) is 21.3 Å². The highest BCUT2D eigenvalue weighted by molar-refractivity contribution is 7.19. The number of hydrogen-bond acceptors (Lipinski definition) is 5. The molecule has 4 nitrogen and oxygen atoms in total. The van der Waals surface area contributed by atoms with E-state index in [1.54, 1.807) is 18.4 Å². The third-order valence-electron chi connectivity index (χ3n) is 4.53. The number of aromatic nitrogens is 2. The van der Waals surface area contributed by atoms with Crippen molar-refractivity contribution in [3.05, 3.63) is 34.4 Å². The van der Waals surface area contributed by atoms with Gasteiger partial charge in [-0.05, 0) is 48.1 Å². The van der Waals surface area contributed by atoms with Crippen molar-refractivity contribution in [3.8, 4) is 16.9 Å². The van der Waals surface area contributed by atoms with E-state index in [-0.39, 0.29) is 0 Å². The van der Waals surface area contributed by atoms with Gasteiger partial charge in [0.2, 0.25) is 5.28 Å². The second-order valence-electron chi connectivity index (χ2n) is 7.95. The van der Waals surface area contributed by atoms with Gasteiger partial charge >= 0.3 is 0 Å². The average Bonchev–Trinajstić information content (AvgIpc) is 2.95. The average molecular weight is 418 g/mol. The number of rotatable bonds is 7. The fourth-order valence-electron chi connectivity index (χ4n) is 3.53. The molecule has 150 valence electrons. The number of aryl methyl sites for hydroxylation is 1. The highest BCUT2D eigenvalue weighted by Crippen LogP contribution is 2.42. The van der Waals surface area contributed by atoms with Gasteiger partial charge in [-0.2, -0.15) is 4.98 Å². The lowest BCUT2D eigenvalue weighted by atomic mass is 10.0. The van der Waals surface area contributed by atoms with Crippen LogP contribution in [-0.4, -0.2) is 30.2 Å². The molecule has 1 aromatic carbocycles.